The molecule has 10 heteroatoms. The second kappa shape index (κ2) is 7.85. The maximum atomic E-state index is 12.7. The molecule has 3 aliphatic rings. The summed E-state index contributed by atoms with van der Waals surface area (Å²) in [6.45, 7) is 0.704. The number of carbonyl (C=O) groups excluding carboxylic acids is 3. The third-order valence-corrected chi connectivity index (χ3v) is 7.61. The lowest BCUT2D eigenvalue weighted by atomic mass is 9.88. The van der Waals surface area contributed by atoms with Gasteiger partial charge in [-0.05, 0) is 25.7 Å². The molecule has 0 spiro atoms. The molecule has 3 rings (SSSR count). The van der Waals surface area contributed by atoms with Gasteiger partial charge < -0.3 is 5.32 Å². The summed E-state index contributed by atoms with van der Waals surface area (Å²) in [6, 6.07) is -0.477. The van der Waals surface area contributed by atoms with Crippen LogP contribution >= 0.6 is 11.8 Å². The van der Waals surface area contributed by atoms with Gasteiger partial charge in [0.2, 0.25) is 21.8 Å². The highest BCUT2D eigenvalue weighted by Gasteiger charge is 2.41. The minimum Gasteiger partial charge on any atom is -0.351 e. The molecule has 8 nitrogen and oxygen atoms in total. The highest BCUT2D eigenvalue weighted by atomic mass is 32.2. The third kappa shape index (κ3) is 4.23. The Morgan fingerprint density at radius 2 is 1.77 bits per heavy atom. The monoisotopic (exact) mass is 403 g/mol. The normalized spacial score (nSPS) is 29.2. The minimum absolute atomic E-state index is 0.0956. The summed E-state index contributed by atoms with van der Waals surface area (Å²) in [6.07, 6.45) is 5.53. The van der Waals surface area contributed by atoms with Crippen molar-refractivity contribution in [1.82, 2.24) is 14.5 Å². The van der Waals surface area contributed by atoms with Crippen molar-refractivity contribution in [2.24, 2.45) is 5.92 Å². The van der Waals surface area contributed by atoms with Crippen molar-refractivity contribution in [3.05, 3.63) is 0 Å². The van der Waals surface area contributed by atoms with Gasteiger partial charge in [-0.25, -0.2) is 12.7 Å². The van der Waals surface area contributed by atoms with Crippen LogP contribution in [0.4, 0.5) is 4.79 Å². The van der Waals surface area contributed by atoms with Crippen molar-refractivity contribution in [1.29, 1.82) is 0 Å². The van der Waals surface area contributed by atoms with E-state index >= 15 is 0 Å². The van der Waals surface area contributed by atoms with E-state index in [-0.39, 0.29) is 40.8 Å². The summed E-state index contributed by atoms with van der Waals surface area (Å²) in [5.74, 6) is -0.315. The first kappa shape index (κ1) is 19.6. The first-order valence-corrected chi connectivity index (χ1v) is 11.8. The topological polar surface area (TPSA) is 104 Å². The lowest BCUT2D eigenvalue weighted by Crippen LogP contribution is -2.56. The molecule has 2 atom stereocenters. The molecule has 3 amide bonds. The molecule has 3 fully saturated rings. The predicted octanol–water partition coefficient (Wildman–Crippen LogP) is 0.781. The van der Waals surface area contributed by atoms with Crippen LogP contribution < -0.4 is 5.32 Å². The summed E-state index contributed by atoms with van der Waals surface area (Å²) in [4.78, 5) is 38.1. The van der Waals surface area contributed by atoms with Gasteiger partial charge in [-0.15, -0.1) is 0 Å². The van der Waals surface area contributed by atoms with E-state index in [0.29, 0.717) is 25.9 Å². The second-order valence-corrected chi connectivity index (χ2v) is 10.1. The number of piperidine rings is 1. The summed E-state index contributed by atoms with van der Waals surface area (Å²) in [5.41, 5.74) is 0. The fraction of sp³-hybridized carbons (Fsp3) is 0.812. The third-order valence-electron chi connectivity index (χ3n) is 5.47. The maximum Gasteiger partial charge on any atom is 0.289 e. The maximum absolute atomic E-state index is 12.7. The number of hydrogen-bond acceptors (Lipinski definition) is 6. The Morgan fingerprint density at radius 3 is 2.35 bits per heavy atom. The van der Waals surface area contributed by atoms with Crippen LogP contribution in [0.15, 0.2) is 0 Å². The van der Waals surface area contributed by atoms with Gasteiger partial charge in [0.1, 0.15) is 0 Å². The Bertz CT molecular complexity index is 672. The molecule has 2 aliphatic heterocycles. The van der Waals surface area contributed by atoms with Crippen molar-refractivity contribution < 1.29 is 22.8 Å². The van der Waals surface area contributed by atoms with E-state index in [1.54, 1.807) is 0 Å². The number of hydrogen-bond donors (Lipinski definition) is 1. The Morgan fingerprint density at radius 1 is 1.12 bits per heavy atom. The summed E-state index contributed by atoms with van der Waals surface area (Å²) in [5, 5.41) is 2.83. The van der Waals surface area contributed by atoms with E-state index in [0.717, 1.165) is 37.4 Å². The Labute approximate surface area is 158 Å². The number of rotatable bonds is 4. The molecule has 146 valence electrons. The van der Waals surface area contributed by atoms with Crippen LogP contribution in [0.5, 0.6) is 0 Å². The highest BCUT2D eigenvalue weighted by Crippen LogP contribution is 2.30. The van der Waals surface area contributed by atoms with Crippen molar-refractivity contribution in [2.75, 3.05) is 25.1 Å². The average molecular weight is 404 g/mol. The van der Waals surface area contributed by atoms with Crippen LogP contribution in [0.1, 0.15) is 38.5 Å². The van der Waals surface area contributed by atoms with E-state index in [2.05, 4.69) is 5.32 Å². The average Bonchev–Trinajstić information content (AvgIpc) is 2.93. The van der Waals surface area contributed by atoms with Crippen LogP contribution in [-0.4, -0.2) is 71.9 Å². The van der Waals surface area contributed by atoms with E-state index in [9.17, 15) is 22.8 Å². The number of amides is 3. The molecule has 1 N–H and O–H groups in total. The standard InChI is InChI=1S/C16H25N3O5S2/c1-26(23,24)18-8-6-11(7-9-18)15(21)17-12-4-2-3-5-13(12)19-14(20)10-25-16(19)22/h11-13H,2-10H2,1H3,(H,17,21). The van der Waals surface area contributed by atoms with Crippen LogP contribution in [0.3, 0.4) is 0 Å². The Kier molecular flexibility index (Phi) is 5.93. The molecule has 2 unspecified atom stereocenters. The van der Waals surface area contributed by atoms with Crippen molar-refractivity contribution in [2.45, 2.75) is 50.6 Å². The fourth-order valence-electron chi connectivity index (χ4n) is 4.02. The highest BCUT2D eigenvalue weighted by molar-refractivity contribution is 8.14. The van der Waals surface area contributed by atoms with Crippen LogP contribution in [0, 0.1) is 5.92 Å². The number of nitrogens with one attached hydrogen (secondary N) is 1. The summed E-state index contributed by atoms with van der Waals surface area (Å²) >= 11 is 1.02. The quantitative estimate of drug-likeness (QED) is 0.744. The number of carbonyl (C=O) groups is 3. The molecular weight excluding hydrogens is 378 g/mol. The van der Waals surface area contributed by atoms with Crippen molar-refractivity contribution >= 4 is 38.8 Å². The van der Waals surface area contributed by atoms with Crippen LogP contribution in [-0.2, 0) is 19.6 Å². The van der Waals surface area contributed by atoms with Crippen LogP contribution in [0.2, 0.25) is 0 Å². The molecule has 0 radical (unpaired) electrons. The number of imide groups is 1. The summed E-state index contributed by atoms with van der Waals surface area (Å²) in [7, 11) is -3.22. The van der Waals surface area contributed by atoms with Gasteiger partial charge >= 0.3 is 0 Å². The SMILES string of the molecule is CS(=O)(=O)N1CCC(C(=O)NC2CCCCC2N2C(=O)CSC2=O)CC1. The van der Waals surface area contributed by atoms with Crippen LogP contribution in [0.25, 0.3) is 0 Å². The Hall–Kier alpha value is -1.13. The van der Waals surface area contributed by atoms with Gasteiger partial charge in [-0.2, -0.15) is 0 Å². The van der Waals surface area contributed by atoms with E-state index in [4.69, 9.17) is 0 Å². The molecule has 2 heterocycles. The molecular formula is C16H25N3O5S2. The molecule has 26 heavy (non-hydrogen) atoms. The van der Waals surface area contributed by atoms with E-state index < -0.39 is 10.0 Å². The van der Waals surface area contributed by atoms with Gasteiger partial charge in [0.05, 0.1) is 18.1 Å². The molecule has 0 aromatic rings. The van der Waals surface area contributed by atoms with E-state index in [1.807, 2.05) is 0 Å². The fourth-order valence-corrected chi connectivity index (χ4v) is 5.66. The molecule has 2 saturated heterocycles. The smallest absolute Gasteiger partial charge is 0.289 e. The largest absolute Gasteiger partial charge is 0.351 e. The predicted molar refractivity (Wildman–Crippen MR) is 98.0 cm³/mol. The zero-order chi connectivity index (χ0) is 18.9. The first-order valence-electron chi connectivity index (χ1n) is 9.01. The van der Waals surface area contributed by atoms with Gasteiger partial charge in [0, 0.05) is 25.0 Å². The van der Waals surface area contributed by atoms with Gasteiger partial charge in [-0.3, -0.25) is 19.3 Å². The first-order chi connectivity index (χ1) is 12.3. The van der Waals surface area contributed by atoms with Crippen molar-refractivity contribution in [3.8, 4) is 0 Å². The number of thioether (sulfide) groups is 1. The molecule has 1 aliphatic carbocycles. The lowest BCUT2D eigenvalue weighted by Gasteiger charge is -2.38. The Balaban J connectivity index is 1.61. The molecule has 1 saturated carbocycles. The summed E-state index contributed by atoms with van der Waals surface area (Å²) < 4.78 is 24.6. The van der Waals surface area contributed by atoms with Gasteiger partial charge in [0.15, 0.2) is 0 Å². The molecule has 0 bridgehead atoms. The van der Waals surface area contributed by atoms with Gasteiger partial charge in [-0.1, -0.05) is 24.6 Å². The van der Waals surface area contributed by atoms with Crippen molar-refractivity contribution in [3.63, 3.8) is 0 Å². The molecule has 0 aromatic carbocycles. The zero-order valence-corrected chi connectivity index (χ0v) is 16.5. The zero-order valence-electron chi connectivity index (χ0n) is 14.8. The number of sulfonamides is 1. The molecule has 0 aromatic heterocycles. The van der Waals surface area contributed by atoms with E-state index in [1.165, 1.54) is 15.5 Å². The second-order valence-electron chi connectivity index (χ2n) is 7.22. The lowest BCUT2D eigenvalue weighted by molar-refractivity contribution is -0.131. The van der Waals surface area contributed by atoms with Gasteiger partial charge in [0.25, 0.3) is 5.24 Å². The minimum atomic E-state index is -3.22. The number of nitrogens with zero attached hydrogens (tertiary/aromatic N) is 2.